The van der Waals surface area contributed by atoms with Gasteiger partial charge in [-0.2, -0.15) is 0 Å². The third-order valence-electron chi connectivity index (χ3n) is 7.94. The molecule has 0 aromatic carbocycles. The highest BCUT2D eigenvalue weighted by molar-refractivity contribution is 5.52. The Balaban J connectivity index is 3.37. The molecular formula is C34H68NO. The molecule has 0 aliphatic rings. The van der Waals surface area contributed by atoms with E-state index >= 15 is 0 Å². The molecule has 0 aliphatic carbocycles. The SMILES string of the molecule is CCCCCCCCCCCCCCCCN(C[C]=O)CCCCCCCCCCCCCCCC. The van der Waals surface area contributed by atoms with Crippen LogP contribution in [0.4, 0.5) is 0 Å². The van der Waals surface area contributed by atoms with E-state index in [1.54, 1.807) is 0 Å². The normalized spacial score (nSPS) is 11.5. The van der Waals surface area contributed by atoms with Crippen molar-refractivity contribution in [3.05, 3.63) is 0 Å². The quantitative estimate of drug-likeness (QED) is 0.0845. The molecule has 0 fully saturated rings. The Labute approximate surface area is 229 Å². The summed E-state index contributed by atoms with van der Waals surface area (Å²) in [5, 5.41) is 0. The zero-order valence-electron chi connectivity index (χ0n) is 25.3. The van der Waals surface area contributed by atoms with Crippen LogP contribution in [0.1, 0.15) is 194 Å². The Kier molecular flexibility index (Phi) is 32.3. The molecule has 0 amide bonds. The van der Waals surface area contributed by atoms with Gasteiger partial charge in [-0.15, -0.1) is 0 Å². The van der Waals surface area contributed by atoms with Crippen LogP contribution in [0.2, 0.25) is 0 Å². The second kappa shape index (κ2) is 32.7. The highest BCUT2D eigenvalue weighted by Crippen LogP contribution is 2.15. The van der Waals surface area contributed by atoms with Gasteiger partial charge in [-0.3, -0.25) is 9.69 Å². The van der Waals surface area contributed by atoms with E-state index in [-0.39, 0.29) is 0 Å². The van der Waals surface area contributed by atoms with Crippen LogP contribution in [0, 0.1) is 0 Å². The van der Waals surface area contributed by atoms with Gasteiger partial charge in [0, 0.05) is 0 Å². The fourth-order valence-electron chi connectivity index (χ4n) is 5.42. The first-order chi connectivity index (χ1) is 17.8. The predicted molar refractivity (Wildman–Crippen MR) is 163 cm³/mol. The number of hydrogen-bond donors (Lipinski definition) is 0. The summed E-state index contributed by atoms with van der Waals surface area (Å²) < 4.78 is 0. The molecule has 36 heavy (non-hydrogen) atoms. The summed E-state index contributed by atoms with van der Waals surface area (Å²) in [6, 6.07) is 0. The van der Waals surface area contributed by atoms with Crippen LogP contribution in [-0.4, -0.2) is 30.8 Å². The summed E-state index contributed by atoms with van der Waals surface area (Å²) in [6.07, 6.45) is 41.4. The minimum atomic E-state index is 0.511. The largest absolute Gasteiger partial charge is 0.296 e. The summed E-state index contributed by atoms with van der Waals surface area (Å²) in [4.78, 5) is 13.3. The van der Waals surface area contributed by atoms with Crippen LogP contribution in [-0.2, 0) is 4.79 Å². The molecule has 0 bridgehead atoms. The monoisotopic (exact) mass is 507 g/mol. The van der Waals surface area contributed by atoms with Crippen molar-refractivity contribution in [2.75, 3.05) is 19.6 Å². The van der Waals surface area contributed by atoms with E-state index in [0.29, 0.717) is 6.54 Å². The van der Waals surface area contributed by atoms with Gasteiger partial charge in [0.2, 0.25) is 6.29 Å². The van der Waals surface area contributed by atoms with E-state index in [0.717, 1.165) is 13.1 Å². The maximum atomic E-state index is 10.9. The number of rotatable bonds is 32. The lowest BCUT2D eigenvalue weighted by Crippen LogP contribution is -2.28. The van der Waals surface area contributed by atoms with Crippen LogP contribution in [0.25, 0.3) is 0 Å². The van der Waals surface area contributed by atoms with E-state index in [1.807, 2.05) is 0 Å². The molecule has 0 N–H and O–H groups in total. The molecule has 215 valence electrons. The van der Waals surface area contributed by atoms with E-state index in [4.69, 9.17) is 0 Å². The zero-order chi connectivity index (χ0) is 26.2. The molecule has 0 aliphatic heterocycles. The Bertz CT molecular complexity index is 365. The van der Waals surface area contributed by atoms with Crippen molar-refractivity contribution in [3.8, 4) is 0 Å². The van der Waals surface area contributed by atoms with Gasteiger partial charge in [0.15, 0.2) is 0 Å². The van der Waals surface area contributed by atoms with Gasteiger partial charge in [-0.05, 0) is 25.9 Å². The molecule has 0 heterocycles. The van der Waals surface area contributed by atoms with Gasteiger partial charge in [0.05, 0.1) is 6.54 Å². The average Bonchev–Trinajstić information content (AvgIpc) is 2.89. The standard InChI is InChI=1S/C34H68NO/c1-3-5-7-9-11-13-15-17-19-21-23-25-27-29-31-35(33-34-36)32-30-28-26-24-22-20-18-16-14-12-10-8-6-4-2/h3-33H2,1-2H3. The third kappa shape index (κ3) is 29.9. The van der Waals surface area contributed by atoms with Crippen LogP contribution < -0.4 is 0 Å². The first kappa shape index (κ1) is 35.6. The minimum Gasteiger partial charge on any atom is -0.296 e. The summed E-state index contributed by atoms with van der Waals surface area (Å²) in [5.74, 6) is 0. The Morgan fingerprint density at radius 3 is 0.806 bits per heavy atom. The predicted octanol–water partition coefficient (Wildman–Crippen LogP) is 11.4. The Morgan fingerprint density at radius 1 is 0.361 bits per heavy atom. The highest BCUT2D eigenvalue weighted by atomic mass is 16.1. The van der Waals surface area contributed by atoms with Crippen LogP contribution in [0.5, 0.6) is 0 Å². The van der Waals surface area contributed by atoms with Crippen molar-refractivity contribution in [1.82, 2.24) is 4.90 Å². The Morgan fingerprint density at radius 2 is 0.583 bits per heavy atom. The maximum absolute atomic E-state index is 10.9. The van der Waals surface area contributed by atoms with Gasteiger partial charge in [-0.1, -0.05) is 181 Å². The molecule has 2 heteroatoms. The zero-order valence-corrected chi connectivity index (χ0v) is 25.3. The van der Waals surface area contributed by atoms with Gasteiger partial charge in [0.25, 0.3) is 0 Å². The molecule has 0 aromatic rings. The van der Waals surface area contributed by atoms with Crippen molar-refractivity contribution in [2.24, 2.45) is 0 Å². The van der Waals surface area contributed by atoms with Crippen molar-refractivity contribution >= 4 is 6.29 Å². The van der Waals surface area contributed by atoms with Crippen molar-refractivity contribution in [3.63, 3.8) is 0 Å². The highest BCUT2D eigenvalue weighted by Gasteiger charge is 2.04. The fourth-order valence-corrected chi connectivity index (χ4v) is 5.42. The Hall–Kier alpha value is -0.370. The molecule has 0 spiro atoms. The molecular weight excluding hydrogens is 438 g/mol. The van der Waals surface area contributed by atoms with Crippen LogP contribution in [0.15, 0.2) is 0 Å². The molecule has 0 aromatic heterocycles. The van der Waals surface area contributed by atoms with Gasteiger partial charge in [0.1, 0.15) is 0 Å². The molecule has 1 radical (unpaired) electrons. The van der Waals surface area contributed by atoms with E-state index in [2.05, 4.69) is 25.0 Å². The van der Waals surface area contributed by atoms with Crippen molar-refractivity contribution in [2.45, 2.75) is 194 Å². The summed E-state index contributed by atoms with van der Waals surface area (Å²) >= 11 is 0. The maximum Gasteiger partial charge on any atom is 0.213 e. The smallest absolute Gasteiger partial charge is 0.213 e. The van der Waals surface area contributed by atoms with E-state index in [9.17, 15) is 4.79 Å². The van der Waals surface area contributed by atoms with Crippen LogP contribution >= 0.6 is 0 Å². The fraction of sp³-hybridized carbons (Fsp3) is 0.971. The summed E-state index contributed by atoms with van der Waals surface area (Å²) in [5.41, 5.74) is 0. The van der Waals surface area contributed by atoms with Crippen molar-refractivity contribution < 1.29 is 4.79 Å². The van der Waals surface area contributed by atoms with E-state index in [1.165, 1.54) is 180 Å². The third-order valence-corrected chi connectivity index (χ3v) is 7.94. The second-order valence-electron chi connectivity index (χ2n) is 11.6. The lowest BCUT2D eigenvalue weighted by molar-refractivity contribution is 0.289. The van der Waals surface area contributed by atoms with E-state index < -0.39 is 0 Å². The second-order valence-corrected chi connectivity index (χ2v) is 11.6. The first-order valence-electron chi connectivity index (χ1n) is 16.9. The lowest BCUT2D eigenvalue weighted by Gasteiger charge is -2.19. The number of hydrogen-bond acceptors (Lipinski definition) is 2. The molecule has 0 saturated heterocycles. The molecule has 0 rings (SSSR count). The molecule has 0 atom stereocenters. The van der Waals surface area contributed by atoms with Gasteiger partial charge < -0.3 is 0 Å². The number of nitrogens with zero attached hydrogens (tertiary/aromatic N) is 1. The van der Waals surface area contributed by atoms with Crippen LogP contribution in [0.3, 0.4) is 0 Å². The van der Waals surface area contributed by atoms with Gasteiger partial charge in [-0.25, -0.2) is 0 Å². The minimum absolute atomic E-state index is 0.511. The number of unbranched alkanes of at least 4 members (excludes halogenated alkanes) is 26. The topological polar surface area (TPSA) is 20.3 Å². The summed E-state index contributed by atoms with van der Waals surface area (Å²) in [6.45, 7) is 7.27. The van der Waals surface area contributed by atoms with Gasteiger partial charge >= 0.3 is 0 Å². The average molecular weight is 507 g/mol. The molecule has 0 saturated carbocycles. The summed E-state index contributed by atoms with van der Waals surface area (Å²) in [7, 11) is 0. The number of carbonyl (C=O) groups excluding carboxylic acids is 1. The first-order valence-corrected chi connectivity index (χ1v) is 16.9. The lowest BCUT2D eigenvalue weighted by atomic mass is 10.0. The van der Waals surface area contributed by atoms with Crippen molar-refractivity contribution in [1.29, 1.82) is 0 Å². The molecule has 0 unspecified atom stereocenters. The molecule has 2 nitrogen and oxygen atoms in total.